The molecule has 0 amide bonds. The molecule has 0 fully saturated rings. The van der Waals surface area contributed by atoms with Crippen LogP contribution in [0.4, 0.5) is 0 Å². The Morgan fingerprint density at radius 1 is 1.19 bits per heavy atom. The van der Waals surface area contributed by atoms with E-state index in [1.807, 2.05) is 13.8 Å². The monoisotopic (exact) mass is 313 g/mol. The third-order valence-electron chi connectivity index (χ3n) is 4.08. The summed E-state index contributed by atoms with van der Waals surface area (Å²) in [6, 6.07) is 5.01. The highest BCUT2D eigenvalue weighted by Gasteiger charge is 2.24. The molecule has 0 aliphatic rings. The van der Waals surface area contributed by atoms with Gasteiger partial charge in [0.1, 0.15) is 0 Å². The minimum absolute atomic E-state index is 0.104. The summed E-state index contributed by atoms with van der Waals surface area (Å²) in [5, 5.41) is 9.22. The van der Waals surface area contributed by atoms with Gasteiger partial charge >= 0.3 is 0 Å². The summed E-state index contributed by atoms with van der Waals surface area (Å²) in [6.45, 7) is 7.83. The van der Waals surface area contributed by atoms with Crippen molar-refractivity contribution >= 4 is 10.0 Å². The fraction of sp³-hybridized carbons (Fsp3) is 0.625. The van der Waals surface area contributed by atoms with E-state index in [2.05, 4.69) is 18.6 Å². The predicted molar refractivity (Wildman–Crippen MR) is 85.6 cm³/mol. The second kappa shape index (κ2) is 7.92. The van der Waals surface area contributed by atoms with Crippen LogP contribution < -0.4 is 4.72 Å². The lowest BCUT2D eigenvalue weighted by Crippen LogP contribution is -2.38. The summed E-state index contributed by atoms with van der Waals surface area (Å²) in [4.78, 5) is 0.286. The van der Waals surface area contributed by atoms with Crippen LogP contribution in [-0.2, 0) is 23.1 Å². The molecule has 1 unspecified atom stereocenters. The molecule has 1 aromatic carbocycles. The van der Waals surface area contributed by atoms with Crippen LogP contribution in [0.5, 0.6) is 0 Å². The first kappa shape index (κ1) is 18.1. The third-order valence-corrected chi connectivity index (χ3v) is 5.72. The zero-order valence-electron chi connectivity index (χ0n) is 13.4. The molecule has 0 aromatic heterocycles. The third kappa shape index (κ3) is 4.53. The topological polar surface area (TPSA) is 66.4 Å². The van der Waals surface area contributed by atoms with Crippen LogP contribution in [-0.4, -0.2) is 19.6 Å². The lowest BCUT2D eigenvalue weighted by Gasteiger charge is -2.23. The van der Waals surface area contributed by atoms with Crippen LogP contribution in [0, 0.1) is 5.92 Å². The van der Waals surface area contributed by atoms with Crippen molar-refractivity contribution in [3.05, 3.63) is 29.3 Å². The van der Waals surface area contributed by atoms with Crippen molar-refractivity contribution in [2.45, 2.75) is 64.5 Å². The molecule has 0 saturated heterocycles. The van der Waals surface area contributed by atoms with Gasteiger partial charge < -0.3 is 5.11 Å². The average molecular weight is 313 g/mol. The lowest BCUT2D eigenvalue weighted by molar-refractivity contribution is 0.281. The minimum atomic E-state index is -3.56. The van der Waals surface area contributed by atoms with Crippen LogP contribution >= 0.6 is 0 Å². The molecule has 0 aliphatic carbocycles. The van der Waals surface area contributed by atoms with E-state index in [0.717, 1.165) is 18.4 Å². The molecular formula is C16H27NO3S. The number of nitrogens with one attached hydrogen (secondary N) is 1. The van der Waals surface area contributed by atoms with E-state index in [1.165, 1.54) is 0 Å². The summed E-state index contributed by atoms with van der Waals surface area (Å²) in [6.07, 6.45) is 2.52. The Kier molecular flexibility index (Phi) is 6.84. The molecule has 120 valence electrons. The Morgan fingerprint density at radius 2 is 1.81 bits per heavy atom. The van der Waals surface area contributed by atoms with Gasteiger partial charge in [-0.1, -0.05) is 45.7 Å². The zero-order chi connectivity index (χ0) is 16.0. The van der Waals surface area contributed by atoms with Gasteiger partial charge in [0.25, 0.3) is 0 Å². The summed E-state index contributed by atoms with van der Waals surface area (Å²) in [7, 11) is -3.56. The maximum atomic E-state index is 12.6. The highest BCUT2D eigenvalue weighted by Crippen LogP contribution is 2.21. The van der Waals surface area contributed by atoms with Crippen molar-refractivity contribution in [3.63, 3.8) is 0 Å². The van der Waals surface area contributed by atoms with Crippen molar-refractivity contribution in [3.8, 4) is 0 Å². The zero-order valence-corrected chi connectivity index (χ0v) is 14.2. The van der Waals surface area contributed by atoms with Gasteiger partial charge in [-0.25, -0.2) is 13.1 Å². The van der Waals surface area contributed by atoms with E-state index < -0.39 is 10.0 Å². The fourth-order valence-electron chi connectivity index (χ4n) is 2.64. The number of hydrogen-bond acceptors (Lipinski definition) is 3. The molecule has 5 heteroatoms. The summed E-state index contributed by atoms with van der Waals surface area (Å²) in [5.74, 6) is 0.325. The number of hydrogen-bond donors (Lipinski definition) is 2. The van der Waals surface area contributed by atoms with E-state index in [0.29, 0.717) is 17.9 Å². The first-order valence-electron chi connectivity index (χ1n) is 7.64. The van der Waals surface area contributed by atoms with E-state index in [4.69, 9.17) is 0 Å². The maximum Gasteiger partial charge on any atom is 0.241 e. The number of sulfonamides is 1. The molecule has 21 heavy (non-hydrogen) atoms. The van der Waals surface area contributed by atoms with Crippen molar-refractivity contribution in [1.29, 1.82) is 0 Å². The number of benzene rings is 1. The van der Waals surface area contributed by atoms with Crippen LogP contribution in [0.25, 0.3) is 0 Å². The quantitative estimate of drug-likeness (QED) is 0.775. The highest BCUT2D eigenvalue weighted by atomic mass is 32.2. The molecule has 1 rings (SSSR count). The summed E-state index contributed by atoms with van der Waals surface area (Å²) >= 11 is 0. The second-order valence-electron chi connectivity index (χ2n) is 5.44. The number of aliphatic hydroxyl groups excluding tert-OH is 1. The predicted octanol–water partition coefficient (Wildman–Crippen LogP) is 2.84. The van der Waals surface area contributed by atoms with Crippen molar-refractivity contribution in [2.75, 3.05) is 0 Å². The molecule has 1 aromatic rings. The maximum absolute atomic E-state index is 12.6. The van der Waals surface area contributed by atoms with Gasteiger partial charge in [0.05, 0.1) is 11.5 Å². The Balaban J connectivity index is 3.12. The second-order valence-corrected chi connectivity index (χ2v) is 7.12. The smallest absolute Gasteiger partial charge is 0.241 e. The lowest BCUT2D eigenvalue weighted by atomic mass is 9.96. The molecule has 0 bridgehead atoms. The Morgan fingerprint density at radius 3 is 2.29 bits per heavy atom. The van der Waals surface area contributed by atoms with Crippen molar-refractivity contribution < 1.29 is 13.5 Å². The highest BCUT2D eigenvalue weighted by molar-refractivity contribution is 7.89. The number of rotatable bonds is 8. The summed E-state index contributed by atoms with van der Waals surface area (Å²) in [5.41, 5.74) is 1.39. The molecule has 4 nitrogen and oxygen atoms in total. The molecule has 0 aliphatic heterocycles. The fourth-order valence-corrected chi connectivity index (χ4v) is 4.31. The largest absolute Gasteiger partial charge is 0.392 e. The van der Waals surface area contributed by atoms with Gasteiger partial charge in [0, 0.05) is 6.04 Å². The number of aryl methyl sites for hydroxylation is 1. The van der Waals surface area contributed by atoms with Gasteiger partial charge in [0.15, 0.2) is 0 Å². The molecule has 2 N–H and O–H groups in total. The van der Waals surface area contributed by atoms with Gasteiger partial charge in [0.2, 0.25) is 10.0 Å². The first-order valence-corrected chi connectivity index (χ1v) is 9.12. The normalized spacial score (nSPS) is 13.6. The van der Waals surface area contributed by atoms with Gasteiger partial charge in [-0.15, -0.1) is 0 Å². The minimum Gasteiger partial charge on any atom is -0.392 e. The van der Waals surface area contributed by atoms with Crippen molar-refractivity contribution in [2.24, 2.45) is 5.92 Å². The van der Waals surface area contributed by atoms with Crippen LogP contribution in [0.15, 0.2) is 23.1 Å². The van der Waals surface area contributed by atoms with Crippen LogP contribution in [0.3, 0.4) is 0 Å². The van der Waals surface area contributed by atoms with Gasteiger partial charge in [-0.3, -0.25) is 0 Å². The van der Waals surface area contributed by atoms with Gasteiger partial charge in [-0.2, -0.15) is 0 Å². The standard InChI is InChI=1S/C16H27NO3S/c1-5-14(6-2)12(4)17-21(19,20)16-10-13(11-18)8-9-15(16)7-3/h8-10,12,14,17-18H,5-7,11H2,1-4H3. The Hall–Kier alpha value is -0.910. The molecule has 0 heterocycles. The van der Waals surface area contributed by atoms with Crippen molar-refractivity contribution in [1.82, 2.24) is 4.72 Å². The molecule has 0 spiro atoms. The van der Waals surface area contributed by atoms with Crippen LogP contribution in [0.2, 0.25) is 0 Å². The molecule has 1 atom stereocenters. The van der Waals surface area contributed by atoms with E-state index in [9.17, 15) is 13.5 Å². The Labute approximate surface area is 128 Å². The SMILES string of the molecule is CCc1ccc(CO)cc1S(=O)(=O)NC(C)C(CC)CC. The van der Waals surface area contributed by atoms with E-state index in [1.54, 1.807) is 18.2 Å². The van der Waals surface area contributed by atoms with E-state index in [-0.39, 0.29) is 17.5 Å². The molecule has 0 saturated carbocycles. The number of aliphatic hydroxyl groups is 1. The first-order chi connectivity index (χ1) is 9.89. The molecular weight excluding hydrogens is 286 g/mol. The Bertz CT molecular complexity index is 551. The summed E-state index contributed by atoms with van der Waals surface area (Å²) < 4.78 is 28.1. The van der Waals surface area contributed by atoms with E-state index >= 15 is 0 Å². The molecule has 0 radical (unpaired) electrons. The average Bonchev–Trinajstić information content (AvgIpc) is 2.47. The van der Waals surface area contributed by atoms with Gasteiger partial charge in [-0.05, 0) is 36.5 Å². The van der Waals surface area contributed by atoms with Crippen LogP contribution in [0.1, 0.15) is 51.7 Å².